The van der Waals surface area contributed by atoms with Crippen molar-refractivity contribution in [1.29, 1.82) is 0 Å². The van der Waals surface area contributed by atoms with Gasteiger partial charge in [0, 0.05) is 25.0 Å². The minimum Gasteiger partial charge on any atom is -0.369 e. The van der Waals surface area contributed by atoms with E-state index < -0.39 is 0 Å². The van der Waals surface area contributed by atoms with Crippen LogP contribution in [0.2, 0.25) is 0 Å². The fourth-order valence-corrected chi connectivity index (χ4v) is 2.84. The van der Waals surface area contributed by atoms with Crippen LogP contribution in [0.3, 0.4) is 0 Å². The number of hydroxylamine groups is 1. The number of para-hydroxylation sites is 1. The number of allylic oxidation sites excluding steroid dienone is 1. The van der Waals surface area contributed by atoms with Gasteiger partial charge < -0.3 is 4.90 Å². The maximum atomic E-state index is 10.4. The van der Waals surface area contributed by atoms with Crippen LogP contribution in [-0.4, -0.2) is 29.3 Å². The lowest BCUT2D eigenvalue weighted by Crippen LogP contribution is -2.35. The second-order valence-corrected chi connectivity index (χ2v) is 5.59. The van der Waals surface area contributed by atoms with E-state index in [2.05, 4.69) is 28.6 Å². The Hall–Kier alpha value is -2.33. The van der Waals surface area contributed by atoms with Crippen molar-refractivity contribution in [3.63, 3.8) is 0 Å². The summed E-state index contributed by atoms with van der Waals surface area (Å²) >= 11 is 0. The molecule has 1 aliphatic heterocycles. The standard InChI is InChI=1S/C18H21N3O/c1-2-6-15-9-10-18(19-13-15)21(22)17-11-12-20(14-17)16-7-4-3-5-8-16/h2-5,7-10,13,17,22H,1,6,11-12,14H2/t17-/m1/s1. The van der Waals surface area contributed by atoms with Crippen molar-refractivity contribution in [3.8, 4) is 0 Å². The van der Waals surface area contributed by atoms with Gasteiger partial charge in [-0.3, -0.25) is 5.21 Å². The molecule has 1 aromatic heterocycles. The zero-order valence-corrected chi connectivity index (χ0v) is 12.6. The number of nitrogens with zero attached hydrogens (tertiary/aromatic N) is 3. The Labute approximate surface area is 131 Å². The fourth-order valence-electron chi connectivity index (χ4n) is 2.84. The van der Waals surface area contributed by atoms with E-state index in [1.54, 1.807) is 6.20 Å². The van der Waals surface area contributed by atoms with Crippen molar-refractivity contribution in [2.75, 3.05) is 23.1 Å². The molecule has 0 aliphatic carbocycles. The quantitative estimate of drug-likeness (QED) is 0.679. The average molecular weight is 295 g/mol. The summed E-state index contributed by atoms with van der Waals surface area (Å²) in [5, 5.41) is 11.7. The molecule has 0 radical (unpaired) electrons. The van der Waals surface area contributed by atoms with Crippen molar-refractivity contribution in [1.82, 2.24) is 4.98 Å². The third kappa shape index (κ3) is 3.12. The highest BCUT2D eigenvalue weighted by Crippen LogP contribution is 2.24. The summed E-state index contributed by atoms with van der Waals surface area (Å²) in [6, 6.07) is 14.2. The maximum Gasteiger partial charge on any atom is 0.152 e. The lowest BCUT2D eigenvalue weighted by molar-refractivity contribution is 0.219. The molecule has 114 valence electrons. The van der Waals surface area contributed by atoms with Crippen molar-refractivity contribution < 1.29 is 5.21 Å². The Morgan fingerprint density at radius 3 is 2.77 bits per heavy atom. The van der Waals surface area contributed by atoms with Gasteiger partial charge in [-0.15, -0.1) is 6.58 Å². The molecule has 22 heavy (non-hydrogen) atoms. The first kappa shape index (κ1) is 14.6. The van der Waals surface area contributed by atoms with E-state index in [4.69, 9.17) is 0 Å². The molecule has 0 bridgehead atoms. The van der Waals surface area contributed by atoms with Gasteiger partial charge in [-0.1, -0.05) is 30.3 Å². The van der Waals surface area contributed by atoms with Gasteiger partial charge in [-0.25, -0.2) is 10.0 Å². The molecule has 1 aromatic carbocycles. The van der Waals surface area contributed by atoms with E-state index in [9.17, 15) is 5.21 Å². The van der Waals surface area contributed by atoms with Crippen molar-refractivity contribution in [2.45, 2.75) is 18.9 Å². The molecule has 0 unspecified atom stereocenters. The maximum absolute atomic E-state index is 10.4. The van der Waals surface area contributed by atoms with Gasteiger partial charge in [0.2, 0.25) is 0 Å². The monoisotopic (exact) mass is 295 g/mol. The Morgan fingerprint density at radius 1 is 1.27 bits per heavy atom. The van der Waals surface area contributed by atoms with Gasteiger partial charge in [0.1, 0.15) is 0 Å². The van der Waals surface area contributed by atoms with E-state index in [1.807, 2.05) is 36.4 Å². The van der Waals surface area contributed by atoms with Gasteiger partial charge in [0.15, 0.2) is 5.82 Å². The van der Waals surface area contributed by atoms with Gasteiger partial charge >= 0.3 is 0 Å². The normalized spacial score (nSPS) is 17.5. The van der Waals surface area contributed by atoms with Crippen LogP contribution in [0.25, 0.3) is 0 Å². The van der Waals surface area contributed by atoms with Crippen LogP contribution in [0.5, 0.6) is 0 Å². The highest BCUT2D eigenvalue weighted by molar-refractivity contribution is 5.48. The number of hydrogen-bond donors (Lipinski definition) is 1. The molecule has 0 spiro atoms. The zero-order valence-electron chi connectivity index (χ0n) is 12.6. The van der Waals surface area contributed by atoms with E-state index in [1.165, 1.54) is 10.8 Å². The molecule has 2 aromatic rings. The molecule has 1 fully saturated rings. The predicted molar refractivity (Wildman–Crippen MR) is 89.5 cm³/mol. The highest BCUT2D eigenvalue weighted by Gasteiger charge is 2.28. The summed E-state index contributed by atoms with van der Waals surface area (Å²) in [7, 11) is 0. The zero-order chi connectivity index (χ0) is 15.4. The van der Waals surface area contributed by atoms with Gasteiger partial charge in [-0.2, -0.15) is 0 Å². The van der Waals surface area contributed by atoms with Crippen molar-refractivity contribution >= 4 is 11.5 Å². The van der Waals surface area contributed by atoms with E-state index in [0.717, 1.165) is 31.5 Å². The van der Waals surface area contributed by atoms with E-state index >= 15 is 0 Å². The first-order valence-corrected chi connectivity index (χ1v) is 7.62. The van der Waals surface area contributed by atoms with E-state index in [0.29, 0.717) is 5.82 Å². The Kier molecular flexibility index (Phi) is 4.39. The molecule has 0 saturated carbocycles. The number of benzene rings is 1. The van der Waals surface area contributed by atoms with Crippen molar-refractivity contribution in [2.24, 2.45) is 0 Å². The number of pyridine rings is 1. The molecule has 0 amide bonds. The molecular formula is C18H21N3O. The van der Waals surface area contributed by atoms with Crippen LogP contribution >= 0.6 is 0 Å². The second kappa shape index (κ2) is 6.62. The largest absolute Gasteiger partial charge is 0.369 e. The third-order valence-corrected chi connectivity index (χ3v) is 4.05. The van der Waals surface area contributed by atoms with Gasteiger partial charge in [0.05, 0.1) is 6.04 Å². The topological polar surface area (TPSA) is 39.6 Å². The first-order chi connectivity index (χ1) is 10.8. The predicted octanol–water partition coefficient (Wildman–Crippen LogP) is 3.28. The van der Waals surface area contributed by atoms with Crippen LogP contribution in [0.4, 0.5) is 11.5 Å². The molecule has 1 saturated heterocycles. The molecule has 2 heterocycles. The van der Waals surface area contributed by atoms with Crippen LogP contribution in [0, 0.1) is 0 Å². The van der Waals surface area contributed by atoms with Gasteiger partial charge in [-0.05, 0) is 36.6 Å². The lowest BCUT2D eigenvalue weighted by atomic mass is 10.2. The SMILES string of the molecule is C=CCc1ccc(N(O)[C@@H]2CCN(c3ccccc3)C2)nc1. The number of rotatable bonds is 5. The first-order valence-electron chi connectivity index (χ1n) is 7.62. The van der Waals surface area contributed by atoms with Crippen LogP contribution < -0.4 is 9.96 Å². The second-order valence-electron chi connectivity index (χ2n) is 5.59. The Balaban J connectivity index is 1.66. The molecular weight excluding hydrogens is 274 g/mol. The minimum absolute atomic E-state index is 0.0676. The van der Waals surface area contributed by atoms with E-state index in [-0.39, 0.29) is 6.04 Å². The van der Waals surface area contributed by atoms with Crippen LogP contribution in [0.15, 0.2) is 61.3 Å². The summed E-state index contributed by atoms with van der Waals surface area (Å²) in [6.07, 6.45) is 5.36. The molecule has 1 aliphatic rings. The number of anilines is 2. The molecule has 3 rings (SSSR count). The highest BCUT2D eigenvalue weighted by atomic mass is 16.5. The molecule has 1 atom stereocenters. The van der Waals surface area contributed by atoms with Crippen LogP contribution in [0.1, 0.15) is 12.0 Å². The Morgan fingerprint density at radius 2 is 2.09 bits per heavy atom. The summed E-state index contributed by atoms with van der Waals surface area (Å²) in [6.45, 7) is 5.47. The number of aromatic nitrogens is 1. The summed E-state index contributed by atoms with van der Waals surface area (Å²) in [5.41, 5.74) is 2.30. The summed E-state index contributed by atoms with van der Waals surface area (Å²) < 4.78 is 0. The molecule has 4 nitrogen and oxygen atoms in total. The smallest absolute Gasteiger partial charge is 0.152 e. The molecule has 4 heteroatoms. The van der Waals surface area contributed by atoms with Crippen molar-refractivity contribution in [3.05, 3.63) is 66.9 Å². The Bertz CT molecular complexity index is 612. The fraction of sp³-hybridized carbons (Fsp3) is 0.278. The number of hydrogen-bond acceptors (Lipinski definition) is 4. The minimum atomic E-state index is 0.0676. The average Bonchev–Trinajstić information content (AvgIpc) is 3.06. The summed E-state index contributed by atoms with van der Waals surface area (Å²) in [4.78, 5) is 6.64. The molecule has 1 N–H and O–H groups in total. The third-order valence-electron chi connectivity index (χ3n) is 4.05. The van der Waals surface area contributed by atoms with Crippen LogP contribution in [-0.2, 0) is 6.42 Å². The summed E-state index contributed by atoms with van der Waals surface area (Å²) in [5.74, 6) is 0.604. The lowest BCUT2D eigenvalue weighted by Gasteiger charge is -2.24. The van der Waals surface area contributed by atoms with Gasteiger partial charge in [0.25, 0.3) is 0 Å².